The first kappa shape index (κ1) is 41.4. The van der Waals surface area contributed by atoms with Gasteiger partial charge in [-0.1, -0.05) is 167 Å². The monoisotopic (exact) mass is 617 g/mol. The van der Waals surface area contributed by atoms with Crippen LogP contribution in [0.4, 0.5) is 0 Å². The molecule has 0 saturated carbocycles. The number of rotatable bonds is 34. The Hall–Kier alpha value is -0.600. The molecule has 0 spiro atoms. The van der Waals surface area contributed by atoms with E-state index in [9.17, 15) is 0 Å². The number of hydrogen-bond donors (Lipinski definition) is 0. The van der Waals surface area contributed by atoms with Crippen LogP contribution < -0.4 is 0 Å². The summed E-state index contributed by atoms with van der Waals surface area (Å²) in [6, 6.07) is 0. The second-order valence-corrected chi connectivity index (χ2v) is 14.1. The highest BCUT2D eigenvalue weighted by atomic mass is 16.7. The van der Waals surface area contributed by atoms with Crippen molar-refractivity contribution in [3.8, 4) is 0 Å². The standard InChI is InChI=1S/C42H80O2/c1-4-7-9-11-13-15-17-19-21-23-25-27-29-31-33-35-38-42(43-40-41(44-42)37-6-3)39-36-34-32-30-28-26-24-22-20-18-16-14-12-10-8-5-2/h19-22,41H,4-18,23-40H2,1-3H3/b21-19-,22-20-/t41-/m0/s1. The maximum absolute atomic E-state index is 6.60. The molecular weight excluding hydrogens is 536 g/mol. The highest BCUT2D eigenvalue weighted by Crippen LogP contribution is 2.36. The summed E-state index contributed by atoms with van der Waals surface area (Å²) in [4.78, 5) is 0. The average molecular weight is 617 g/mol. The van der Waals surface area contributed by atoms with E-state index in [0.29, 0.717) is 6.10 Å². The van der Waals surface area contributed by atoms with Crippen molar-refractivity contribution in [2.24, 2.45) is 0 Å². The van der Waals surface area contributed by atoms with Gasteiger partial charge in [0, 0.05) is 12.8 Å². The van der Waals surface area contributed by atoms with Gasteiger partial charge in [-0.3, -0.25) is 0 Å². The van der Waals surface area contributed by atoms with Gasteiger partial charge in [-0.05, 0) is 70.6 Å². The van der Waals surface area contributed by atoms with Gasteiger partial charge in [-0.2, -0.15) is 0 Å². The number of allylic oxidation sites excluding steroid dienone is 4. The lowest BCUT2D eigenvalue weighted by molar-refractivity contribution is -0.180. The Balaban J connectivity index is 2.05. The van der Waals surface area contributed by atoms with Crippen molar-refractivity contribution in [1.29, 1.82) is 0 Å². The first-order chi connectivity index (χ1) is 21.8. The van der Waals surface area contributed by atoms with Gasteiger partial charge >= 0.3 is 0 Å². The summed E-state index contributed by atoms with van der Waals surface area (Å²) in [5, 5.41) is 0. The summed E-state index contributed by atoms with van der Waals surface area (Å²) < 4.78 is 13.0. The van der Waals surface area contributed by atoms with E-state index < -0.39 is 0 Å². The van der Waals surface area contributed by atoms with E-state index in [2.05, 4.69) is 45.1 Å². The van der Waals surface area contributed by atoms with Crippen LogP contribution in [0.5, 0.6) is 0 Å². The summed E-state index contributed by atoms with van der Waals surface area (Å²) in [7, 11) is 0. The lowest BCUT2D eigenvalue weighted by atomic mass is 9.98. The summed E-state index contributed by atoms with van der Waals surface area (Å²) in [5.74, 6) is -0.276. The largest absolute Gasteiger partial charge is 0.347 e. The van der Waals surface area contributed by atoms with E-state index in [1.807, 2.05) is 0 Å². The third kappa shape index (κ3) is 25.6. The quantitative estimate of drug-likeness (QED) is 0.0529. The number of ether oxygens (including phenoxy) is 2. The molecular formula is C42H80O2. The maximum atomic E-state index is 6.60. The molecule has 1 aliphatic rings. The van der Waals surface area contributed by atoms with E-state index in [4.69, 9.17) is 9.47 Å². The van der Waals surface area contributed by atoms with Crippen molar-refractivity contribution in [2.75, 3.05) is 6.61 Å². The van der Waals surface area contributed by atoms with Gasteiger partial charge in [-0.15, -0.1) is 0 Å². The zero-order chi connectivity index (χ0) is 31.7. The van der Waals surface area contributed by atoms with Gasteiger partial charge < -0.3 is 9.47 Å². The highest BCUT2D eigenvalue weighted by molar-refractivity contribution is 4.82. The van der Waals surface area contributed by atoms with Crippen LogP contribution in [0.3, 0.4) is 0 Å². The highest BCUT2D eigenvalue weighted by Gasteiger charge is 2.39. The van der Waals surface area contributed by atoms with Crippen molar-refractivity contribution in [1.82, 2.24) is 0 Å². The van der Waals surface area contributed by atoms with E-state index >= 15 is 0 Å². The minimum absolute atomic E-state index is 0.276. The van der Waals surface area contributed by atoms with E-state index in [1.165, 1.54) is 186 Å². The molecule has 0 N–H and O–H groups in total. The van der Waals surface area contributed by atoms with Crippen LogP contribution in [-0.2, 0) is 9.47 Å². The van der Waals surface area contributed by atoms with Crippen LogP contribution in [0.25, 0.3) is 0 Å². The van der Waals surface area contributed by atoms with Gasteiger partial charge in [0.25, 0.3) is 0 Å². The lowest BCUT2D eigenvalue weighted by Crippen LogP contribution is -2.31. The normalized spacial score (nSPS) is 16.7. The third-order valence-corrected chi connectivity index (χ3v) is 9.66. The third-order valence-electron chi connectivity index (χ3n) is 9.66. The summed E-state index contributed by atoms with van der Waals surface area (Å²) in [6.07, 6.45) is 52.7. The smallest absolute Gasteiger partial charge is 0.168 e. The first-order valence-corrected chi connectivity index (χ1v) is 20.4. The topological polar surface area (TPSA) is 18.5 Å². The molecule has 0 aromatic carbocycles. The zero-order valence-electron chi connectivity index (χ0n) is 30.5. The zero-order valence-corrected chi connectivity index (χ0v) is 30.5. The summed E-state index contributed by atoms with van der Waals surface area (Å²) in [5.41, 5.74) is 0. The summed E-state index contributed by atoms with van der Waals surface area (Å²) in [6.45, 7) is 7.66. The van der Waals surface area contributed by atoms with Crippen LogP contribution in [0, 0.1) is 0 Å². The van der Waals surface area contributed by atoms with Crippen molar-refractivity contribution in [2.45, 2.75) is 238 Å². The molecule has 0 unspecified atom stereocenters. The molecule has 0 aromatic rings. The molecule has 2 heteroatoms. The molecule has 2 nitrogen and oxygen atoms in total. The Bertz CT molecular complexity index is 581. The molecule has 44 heavy (non-hydrogen) atoms. The Morgan fingerprint density at radius 1 is 0.432 bits per heavy atom. The van der Waals surface area contributed by atoms with Crippen molar-refractivity contribution < 1.29 is 9.47 Å². The average Bonchev–Trinajstić information content (AvgIpc) is 3.43. The molecule has 1 heterocycles. The predicted octanol–water partition coefficient (Wildman–Crippen LogP) is 14.8. The van der Waals surface area contributed by atoms with E-state index in [0.717, 1.165) is 25.9 Å². The number of hydrogen-bond acceptors (Lipinski definition) is 2. The first-order valence-electron chi connectivity index (χ1n) is 20.4. The summed E-state index contributed by atoms with van der Waals surface area (Å²) >= 11 is 0. The molecule has 1 atom stereocenters. The second-order valence-electron chi connectivity index (χ2n) is 14.1. The second kappa shape index (κ2) is 32.3. The maximum Gasteiger partial charge on any atom is 0.168 e. The molecule has 0 bridgehead atoms. The fraction of sp³-hybridized carbons (Fsp3) is 0.905. The van der Waals surface area contributed by atoms with Crippen LogP contribution in [0.1, 0.15) is 226 Å². The Morgan fingerprint density at radius 2 is 0.773 bits per heavy atom. The number of unbranched alkanes of at least 4 members (excludes halogenated alkanes) is 24. The molecule has 260 valence electrons. The Labute approximate surface area is 278 Å². The van der Waals surface area contributed by atoms with Gasteiger partial charge in [-0.25, -0.2) is 0 Å². The lowest BCUT2D eigenvalue weighted by Gasteiger charge is -2.28. The molecule has 0 aliphatic carbocycles. The van der Waals surface area contributed by atoms with Gasteiger partial charge in [0.15, 0.2) is 5.79 Å². The minimum Gasteiger partial charge on any atom is -0.347 e. The van der Waals surface area contributed by atoms with Crippen LogP contribution in [0.15, 0.2) is 24.3 Å². The SMILES string of the molecule is CCCCCCCC/C=C\CCCCCCCCC1(CCCCCCCC/C=C\CCCCCCCC)OC[C@H](CCC)O1. The Kier molecular flexibility index (Phi) is 30.5. The molecule has 1 aliphatic heterocycles. The van der Waals surface area contributed by atoms with Crippen molar-refractivity contribution in [3.05, 3.63) is 24.3 Å². The van der Waals surface area contributed by atoms with Crippen LogP contribution in [0.2, 0.25) is 0 Å². The van der Waals surface area contributed by atoms with E-state index in [1.54, 1.807) is 0 Å². The van der Waals surface area contributed by atoms with Gasteiger partial charge in [0.1, 0.15) is 0 Å². The van der Waals surface area contributed by atoms with Crippen LogP contribution >= 0.6 is 0 Å². The molecule has 1 saturated heterocycles. The molecule has 1 fully saturated rings. The molecule has 0 amide bonds. The molecule has 0 radical (unpaired) electrons. The predicted molar refractivity (Wildman–Crippen MR) is 197 cm³/mol. The van der Waals surface area contributed by atoms with Crippen LogP contribution in [-0.4, -0.2) is 18.5 Å². The van der Waals surface area contributed by atoms with Crippen molar-refractivity contribution >= 4 is 0 Å². The minimum atomic E-state index is -0.276. The van der Waals surface area contributed by atoms with Gasteiger partial charge in [0.05, 0.1) is 12.7 Å². The fourth-order valence-corrected chi connectivity index (χ4v) is 6.75. The fourth-order valence-electron chi connectivity index (χ4n) is 6.75. The van der Waals surface area contributed by atoms with Gasteiger partial charge in [0.2, 0.25) is 0 Å². The Morgan fingerprint density at radius 3 is 1.14 bits per heavy atom. The molecule has 0 aromatic heterocycles. The molecule has 1 rings (SSSR count). The van der Waals surface area contributed by atoms with E-state index in [-0.39, 0.29) is 5.79 Å². The van der Waals surface area contributed by atoms with Crippen molar-refractivity contribution in [3.63, 3.8) is 0 Å².